The van der Waals surface area contributed by atoms with Gasteiger partial charge in [0, 0.05) is 22.7 Å². The molecule has 1 aromatic carbocycles. The zero-order valence-corrected chi connectivity index (χ0v) is 9.25. The standard InChI is InChI=1S/C13H14NO2/c1-2-16-13(15)8-7-11-9-10-5-3-4-6-12(10)14-11/h3-6,14H,2,7-8H2,1H3. The van der Waals surface area contributed by atoms with Crippen LogP contribution in [-0.2, 0) is 16.0 Å². The van der Waals surface area contributed by atoms with Gasteiger partial charge >= 0.3 is 5.97 Å². The zero-order valence-electron chi connectivity index (χ0n) is 9.25. The van der Waals surface area contributed by atoms with Crippen LogP contribution >= 0.6 is 0 Å². The molecular formula is C13H14NO2. The van der Waals surface area contributed by atoms with Crippen molar-refractivity contribution in [3.05, 3.63) is 36.0 Å². The Morgan fingerprint density at radius 2 is 2.25 bits per heavy atom. The molecule has 16 heavy (non-hydrogen) atoms. The van der Waals surface area contributed by atoms with Crippen LogP contribution in [0, 0.1) is 6.07 Å². The highest BCUT2D eigenvalue weighted by atomic mass is 16.5. The summed E-state index contributed by atoms with van der Waals surface area (Å²) in [5.74, 6) is -0.158. The molecule has 1 heterocycles. The maximum atomic E-state index is 11.2. The molecule has 0 aliphatic rings. The Bertz CT molecular complexity index is 454. The van der Waals surface area contributed by atoms with E-state index in [1.807, 2.05) is 31.2 Å². The van der Waals surface area contributed by atoms with Crippen molar-refractivity contribution in [2.75, 3.05) is 6.61 Å². The fourth-order valence-electron chi connectivity index (χ4n) is 1.64. The molecular weight excluding hydrogens is 202 g/mol. The molecule has 0 saturated carbocycles. The smallest absolute Gasteiger partial charge is 0.306 e. The van der Waals surface area contributed by atoms with E-state index in [1.54, 1.807) is 0 Å². The van der Waals surface area contributed by atoms with Gasteiger partial charge in [0.2, 0.25) is 0 Å². The summed E-state index contributed by atoms with van der Waals surface area (Å²) in [5, 5.41) is 1.06. The number of ether oxygens (including phenoxy) is 1. The van der Waals surface area contributed by atoms with Gasteiger partial charge in [0.1, 0.15) is 0 Å². The number of nitrogens with one attached hydrogen (secondary N) is 1. The molecule has 1 N–H and O–H groups in total. The third-order valence-corrected chi connectivity index (χ3v) is 2.38. The van der Waals surface area contributed by atoms with E-state index >= 15 is 0 Å². The maximum Gasteiger partial charge on any atom is 0.306 e. The quantitative estimate of drug-likeness (QED) is 0.798. The van der Waals surface area contributed by atoms with Gasteiger partial charge in [-0.2, -0.15) is 0 Å². The number of hydrogen-bond acceptors (Lipinski definition) is 2. The van der Waals surface area contributed by atoms with Crippen molar-refractivity contribution >= 4 is 16.9 Å². The van der Waals surface area contributed by atoms with Crippen LogP contribution in [0.2, 0.25) is 0 Å². The van der Waals surface area contributed by atoms with Gasteiger partial charge in [0.05, 0.1) is 13.0 Å². The molecule has 0 amide bonds. The van der Waals surface area contributed by atoms with E-state index in [9.17, 15) is 4.79 Å². The minimum Gasteiger partial charge on any atom is -0.466 e. The van der Waals surface area contributed by atoms with Crippen LogP contribution in [0.4, 0.5) is 0 Å². The number of esters is 1. The normalized spacial score (nSPS) is 10.6. The molecule has 83 valence electrons. The Labute approximate surface area is 94.4 Å². The average Bonchev–Trinajstić information content (AvgIpc) is 2.69. The first-order chi connectivity index (χ1) is 7.79. The summed E-state index contributed by atoms with van der Waals surface area (Å²) < 4.78 is 4.87. The van der Waals surface area contributed by atoms with Crippen LogP contribution in [0.15, 0.2) is 24.3 Å². The minimum absolute atomic E-state index is 0.158. The minimum atomic E-state index is -0.158. The summed E-state index contributed by atoms with van der Waals surface area (Å²) in [7, 11) is 0. The van der Waals surface area contributed by atoms with Gasteiger partial charge < -0.3 is 9.72 Å². The molecule has 1 aromatic heterocycles. The van der Waals surface area contributed by atoms with Crippen molar-refractivity contribution in [1.29, 1.82) is 0 Å². The molecule has 0 aliphatic heterocycles. The number of hydrogen-bond donors (Lipinski definition) is 1. The van der Waals surface area contributed by atoms with Crippen molar-refractivity contribution in [1.82, 2.24) is 4.98 Å². The molecule has 0 atom stereocenters. The lowest BCUT2D eigenvalue weighted by atomic mass is 10.2. The topological polar surface area (TPSA) is 42.1 Å². The van der Waals surface area contributed by atoms with Crippen LogP contribution in [0.25, 0.3) is 10.9 Å². The van der Waals surface area contributed by atoms with Crippen LogP contribution < -0.4 is 0 Å². The fourth-order valence-corrected chi connectivity index (χ4v) is 1.64. The summed E-state index contributed by atoms with van der Waals surface area (Å²) in [6.45, 7) is 2.25. The van der Waals surface area contributed by atoms with Gasteiger partial charge in [-0.3, -0.25) is 4.79 Å². The average molecular weight is 216 g/mol. The van der Waals surface area contributed by atoms with E-state index in [2.05, 4.69) is 11.1 Å². The monoisotopic (exact) mass is 216 g/mol. The highest BCUT2D eigenvalue weighted by Crippen LogP contribution is 2.14. The maximum absolute atomic E-state index is 11.2. The molecule has 3 heteroatoms. The van der Waals surface area contributed by atoms with E-state index in [4.69, 9.17) is 4.74 Å². The van der Waals surface area contributed by atoms with E-state index in [-0.39, 0.29) is 5.97 Å². The third-order valence-electron chi connectivity index (χ3n) is 2.38. The summed E-state index contributed by atoms with van der Waals surface area (Å²) in [5.41, 5.74) is 2.01. The second-order valence-corrected chi connectivity index (χ2v) is 3.58. The van der Waals surface area contributed by atoms with Crippen LogP contribution in [0.3, 0.4) is 0 Å². The van der Waals surface area contributed by atoms with E-state index in [1.165, 1.54) is 0 Å². The third kappa shape index (κ3) is 2.42. The molecule has 0 aliphatic carbocycles. The van der Waals surface area contributed by atoms with Crippen molar-refractivity contribution in [2.45, 2.75) is 19.8 Å². The second kappa shape index (κ2) is 4.84. The molecule has 0 fully saturated rings. The predicted octanol–water partition coefficient (Wildman–Crippen LogP) is 2.46. The molecule has 2 rings (SSSR count). The zero-order chi connectivity index (χ0) is 11.4. The number of aromatic amines is 1. The first-order valence-electron chi connectivity index (χ1n) is 5.44. The second-order valence-electron chi connectivity index (χ2n) is 3.58. The number of rotatable bonds is 4. The predicted molar refractivity (Wildman–Crippen MR) is 62.1 cm³/mol. The Morgan fingerprint density at radius 3 is 3.00 bits per heavy atom. The highest BCUT2D eigenvalue weighted by molar-refractivity contribution is 5.79. The SMILES string of the molecule is CCOC(=O)CCc1[c]c2ccccc2[nH]1. The summed E-state index contributed by atoms with van der Waals surface area (Å²) in [6, 6.07) is 11.2. The molecule has 0 saturated heterocycles. The summed E-state index contributed by atoms with van der Waals surface area (Å²) in [4.78, 5) is 14.4. The lowest BCUT2D eigenvalue weighted by Gasteiger charge is -1.99. The first kappa shape index (κ1) is 10.7. The molecule has 0 unspecified atom stereocenters. The molecule has 2 aromatic rings. The van der Waals surface area contributed by atoms with Gasteiger partial charge in [-0.25, -0.2) is 0 Å². The van der Waals surface area contributed by atoms with Crippen molar-refractivity contribution in [3.63, 3.8) is 0 Å². The lowest BCUT2D eigenvalue weighted by molar-refractivity contribution is -0.143. The number of para-hydroxylation sites is 1. The Balaban J connectivity index is 2.02. The Morgan fingerprint density at radius 1 is 1.44 bits per heavy atom. The van der Waals surface area contributed by atoms with Gasteiger partial charge in [0.25, 0.3) is 0 Å². The molecule has 0 bridgehead atoms. The van der Waals surface area contributed by atoms with Crippen LogP contribution in [-0.4, -0.2) is 17.6 Å². The van der Waals surface area contributed by atoms with Crippen LogP contribution in [0.5, 0.6) is 0 Å². The number of H-pyrrole nitrogens is 1. The van der Waals surface area contributed by atoms with Crippen molar-refractivity contribution < 1.29 is 9.53 Å². The van der Waals surface area contributed by atoms with E-state index < -0.39 is 0 Å². The van der Waals surface area contributed by atoms with Crippen LogP contribution in [0.1, 0.15) is 19.0 Å². The van der Waals surface area contributed by atoms with Crippen molar-refractivity contribution in [2.24, 2.45) is 0 Å². The summed E-state index contributed by atoms with van der Waals surface area (Å²) in [6.07, 6.45) is 1.05. The number of benzene rings is 1. The molecule has 1 radical (unpaired) electrons. The van der Waals surface area contributed by atoms with Gasteiger partial charge in [-0.1, -0.05) is 18.2 Å². The van der Waals surface area contributed by atoms with Gasteiger partial charge in [0.15, 0.2) is 0 Å². The number of carbonyl (C=O) groups excluding carboxylic acids is 1. The lowest BCUT2D eigenvalue weighted by Crippen LogP contribution is -2.05. The number of fused-ring (bicyclic) bond motifs is 1. The van der Waals surface area contributed by atoms with E-state index in [0.717, 1.165) is 16.6 Å². The highest BCUT2D eigenvalue weighted by Gasteiger charge is 2.05. The van der Waals surface area contributed by atoms with Crippen molar-refractivity contribution in [3.8, 4) is 0 Å². The van der Waals surface area contributed by atoms with Gasteiger partial charge in [-0.15, -0.1) is 0 Å². The molecule has 3 nitrogen and oxygen atoms in total. The Kier molecular flexibility index (Phi) is 3.25. The number of aryl methyl sites for hydroxylation is 1. The molecule has 0 spiro atoms. The Hall–Kier alpha value is -1.77. The summed E-state index contributed by atoms with van der Waals surface area (Å²) >= 11 is 0. The first-order valence-corrected chi connectivity index (χ1v) is 5.44. The van der Waals surface area contributed by atoms with Gasteiger partial charge in [-0.05, 0) is 19.4 Å². The number of carbonyl (C=O) groups is 1. The number of aromatic nitrogens is 1. The fraction of sp³-hybridized carbons (Fsp3) is 0.308. The largest absolute Gasteiger partial charge is 0.466 e. The van der Waals surface area contributed by atoms with E-state index in [0.29, 0.717) is 19.4 Å².